The van der Waals surface area contributed by atoms with Crippen molar-refractivity contribution in [3.63, 3.8) is 0 Å². The van der Waals surface area contributed by atoms with Gasteiger partial charge in [0.25, 0.3) is 5.91 Å². The van der Waals surface area contributed by atoms with E-state index < -0.39 is 0 Å². The summed E-state index contributed by atoms with van der Waals surface area (Å²) in [5.41, 5.74) is 1.69. The Morgan fingerprint density at radius 3 is 2.30 bits per heavy atom. The van der Waals surface area contributed by atoms with Gasteiger partial charge in [0.1, 0.15) is 12.0 Å². The Kier molecular flexibility index (Phi) is 5.46. The van der Waals surface area contributed by atoms with Crippen LogP contribution in [0.2, 0.25) is 0 Å². The van der Waals surface area contributed by atoms with Gasteiger partial charge < -0.3 is 15.4 Å². The summed E-state index contributed by atoms with van der Waals surface area (Å²) in [6, 6.07) is 13.3. The Bertz CT molecular complexity index is 711. The number of hydrogen-bond donors (Lipinski definition) is 2. The van der Waals surface area contributed by atoms with E-state index in [2.05, 4.69) is 10.6 Å². The van der Waals surface area contributed by atoms with Gasteiger partial charge >= 0.3 is 0 Å². The fourth-order valence-electron chi connectivity index (χ4n) is 1.87. The molecule has 0 saturated heterocycles. The molecule has 6 heteroatoms. The number of anilines is 2. The second-order valence-corrected chi connectivity index (χ2v) is 4.79. The molecule has 0 spiro atoms. The average Bonchev–Trinajstić information content (AvgIpc) is 2.53. The van der Waals surface area contributed by atoms with Crippen molar-refractivity contribution in [3.05, 3.63) is 54.1 Å². The maximum absolute atomic E-state index is 11.9. The van der Waals surface area contributed by atoms with E-state index in [4.69, 9.17) is 4.74 Å². The number of aldehydes is 1. The minimum Gasteiger partial charge on any atom is -0.484 e. The molecule has 2 aromatic rings. The first-order valence-electron chi connectivity index (χ1n) is 6.92. The van der Waals surface area contributed by atoms with Crippen LogP contribution in [0.4, 0.5) is 11.4 Å². The first-order valence-corrected chi connectivity index (χ1v) is 6.92. The summed E-state index contributed by atoms with van der Waals surface area (Å²) in [5.74, 6) is -0.0160. The third-order valence-electron chi connectivity index (χ3n) is 2.85. The van der Waals surface area contributed by atoms with E-state index in [0.717, 1.165) is 6.29 Å². The first kappa shape index (κ1) is 16.2. The highest BCUT2D eigenvalue weighted by Gasteiger charge is 2.05. The standard InChI is InChI=1S/C17H16N2O4/c1-12(21)18-14-3-2-4-15(9-14)19-17(22)11-23-16-7-5-13(10-20)6-8-16/h2-10H,11H2,1H3,(H,18,21)(H,19,22). The van der Waals surface area contributed by atoms with Gasteiger partial charge in [-0.1, -0.05) is 6.07 Å². The lowest BCUT2D eigenvalue weighted by molar-refractivity contribution is -0.118. The smallest absolute Gasteiger partial charge is 0.262 e. The van der Waals surface area contributed by atoms with Gasteiger partial charge in [0.15, 0.2) is 6.61 Å². The monoisotopic (exact) mass is 312 g/mol. The minimum absolute atomic E-state index is 0.162. The fourth-order valence-corrected chi connectivity index (χ4v) is 1.87. The summed E-state index contributed by atoms with van der Waals surface area (Å²) in [7, 11) is 0. The Morgan fingerprint density at radius 2 is 1.70 bits per heavy atom. The Morgan fingerprint density at radius 1 is 1.04 bits per heavy atom. The van der Waals surface area contributed by atoms with Crippen molar-refractivity contribution in [2.75, 3.05) is 17.2 Å². The summed E-state index contributed by atoms with van der Waals surface area (Å²) < 4.78 is 5.34. The zero-order chi connectivity index (χ0) is 16.7. The Labute approximate surface area is 133 Å². The molecule has 2 N–H and O–H groups in total. The molecule has 0 radical (unpaired) electrons. The summed E-state index contributed by atoms with van der Waals surface area (Å²) >= 11 is 0. The predicted molar refractivity (Wildman–Crippen MR) is 86.7 cm³/mol. The first-order chi connectivity index (χ1) is 11.1. The van der Waals surface area contributed by atoms with E-state index in [0.29, 0.717) is 22.7 Å². The van der Waals surface area contributed by atoms with Crippen LogP contribution in [-0.4, -0.2) is 24.7 Å². The third kappa shape index (κ3) is 5.28. The summed E-state index contributed by atoms with van der Waals surface area (Å²) in [5, 5.41) is 5.31. The van der Waals surface area contributed by atoms with Gasteiger partial charge in [0.05, 0.1) is 0 Å². The molecule has 2 rings (SSSR count). The molecule has 0 unspecified atom stereocenters. The summed E-state index contributed by atoms with van der Waals surface area (Å²) in [6.07, 6.45) is 0.735. The van der Waals surface area contributed by atoms with Crippen LogP contribution in [0.15, 0.2) is 48.5 Å². The summed E-state index contributed by atoms with van der Waals surface area (Å²) in [6.45, 7) is 1.25. The molecule has 0 aliphatic rings. The van der Waals surface area contributed by atoms with E-state index in [1.54, 1.807) is 48.5 Å². The van der Waals surface area contributed by atoms with E-state index in [9.17, 15) is 14.4 Å². The molecular weight excluding hydrogens is 296 g/mol. The number of amides is 2. The Hall–Kier alpha value is -3.15. The van der Waals surface area contributed by atoms with E-state index in [-0.39, 0.29) is 18.4 Å². The lowest BCUT2D eigenvalue weighted by Crippen LogP contribution is -2.20. The fraction of sp³-hybridized carbons (Fsp3) is 0.118. The third-order valence-corrected chi connectivity index (χ3v) is 2.85. The molecule has 0 saturated carbocycles. The second-order valence-electron chi connectivity index (χ2n) is 4.79. The van der Waals surface area contributed by atoms with Crippen molar-refractivity contribution in [3.8, 4) is 5.75 Å². The van der Waals surface area contributed by atoms with Gasteiger partial charge in [0, 0.05) is 23.9 Å². The number of nitrogens with one attached hydrogen (secondary N) is 2. The predicted octanol–water partition coefficient (Wildman–Crippen LogP) is 2.48. The molecule has 6 nitrogen and oxygen atoms in total. The molecule has 23 heavy (non-hydrogen) atoms. The number of carbonyl (C=O) groups is 3. The van der Waals surface area contributed by atoms with Crippen LogP contribution in [-0.2, 0) is 9.59 Å². The zero-order valence-corrected chi connectivity index (χ0v) is 12.5. The molecule has 0 atom stereocenters. The van der Waals surface area contributed by atoms with Crippen molar-refractivity contribution in [2.24, 2.45) is 0 Å². The highest BCUT2D eigenvalue weighted by atomic mass is 16.5. The molecule has 0 bridgehead atoms. The quantitative estimate of drug-likeness (QED) is 0.803. The largest absolute Gasteiger partial charge is 0.484 e. The van der Waals surface area contributed by atoms with Gasteiger partial charge in [-0.3, -0.25) is 14.4 Å². The topological polar surface area (TPSA) is 84.5 Å². The van der Waals surface area contributed by atoms with Crippen LogP contribution in [0.25, 0.3) is 0 Å². The lowest BCUT2D eigenvalue weighted by atomic mass is 10.2. The SMILES string of the molecule is CC(=O)Nc1cccc(NC(=O)COc2ccc(C=O)cc2)c1. The van der Waals surface area contributed by atoms with Crippen molar-refractivity contribution in [1.82, 2.24) is 0 Å². The average molecular weight is 312 g/mol. The number of benzene rings is 2. The van der Waals surface area contributed by atoms with Crippen LogP contribution in [0.5, 0.6) is 5.75 Å². The zero-order valence-electron chi connectivity index (χ0n) is 12.5. The van der Waals surface area contributed by atoms with Crippen LogP contribution < -0.4 is 15.4 Å². The maximum atomic E-state index is 11.9. The molecule has 0 fully saturated rings. The number of ether oxygens (including phenoxy) is 1. The van der Waals surface area contributed by atoms with Crippen molar-refractivity contribution in [2.45, 2.75) is 6.92 Å². The minimum atomic E-state index is -0.329. The van der Waals surface area contributed by atoms with Crippen LogP contribution >= 0.6 is 0 Å². The van der Waals surface area contributed by atoms with Crippen LogP contribution in [0, 0.1) is 0 Å². The second kappa shape index (κ2) is 7.74. The van der Waals surface area contributed by atoms with Crippen molar-refractivity contribution >= 4 is 29.5 Å². The van der Waals surface area contributed by atoms with Gasteiger partial charge in [-0.25, -0.2) is 0 Å². The van der Waals surface area contributed by atoms with E-state index >= 15 is 0 Å². The van der Waals surface area contributed by atoms with E-state index in [1.807, 2.05) is 0 Å². The number of rotatable bonds is 6. The highest BCUT2D eigenvalue weighted by Crippen LogP contribution is 2.15. The molecule has 118 valence electrons. The highest BCUT2D eigenvalue weighted by molar-refractivity contribution is 5.94. The molecule has 0 aromatic heterocycles. The normalized spacial score (nSPS) is 9.78. The van der Waals surface area contributed by atoms with Gasteiger partial charge in [-0.15, -0.1) is 0 Å². The van der Waals surface area contributed by atoms with Crippen molar-refractivity contribution < 1.29 is 19.1 Å². The molecule has 0 aliphatic carbocycles. The van der Waals surface area contributed by atoms with Crippen LogP contribution in [0.3, 0.4) is 0 Å². The lowest BCUT2D eigenvalue weighted by Gasteiger charge is -2.09. The van der Waals surface area contributed by atoms with Crippen LogP contribution in [0.1, 0.15) is 17.3 Å². The number of hydrogen-bond acceptors (Lipinski definition) is 4. The van der Waals surface area contributed by atoms with Crippen molar-refractivity contribution in [1.29, 1.82) is 0 Å². The van der Waals surface area contributed by atoms with Gasteiger partial charge in [0.2, 0.25) is 5.91 Å². The maximum Gasteiger partial charge on any atom is 0.262 e. The molecule has 2 aromatic carbocycles. The van der Waals surface area contributed by atoms with E-state index in [1.165, 1.54) is 6.92 Å². The molecule has 0 heterocycles. The van der Waals surface area contributed by atoms with Gasteiger partial charge in [-0.2, -0.15) is 0 Å². The number of carbonyl (C=O) groups excluding carboxylic acids is 3. The van der Waals surface area contributed by atoms with Gasteiger partial charge in [-0.05, 0) is 42.5 Å². The summed E-state index contributed by atoms with van der Waals surface area (Å²) in [4.78, 5) is 33.4. The molecular formula is C17H16N2O4. The molecule has 0 aliphatic heterocycles. The molecule has 2 amide bonds. The Balaban J connectivity index is 1.88.